The molecule has 2 aliphatic rings. The molecule has 1 atom stereocenters. The summed E-state index contributed by atoms with van der Waals surface area (Å²) in [4.78, 5) is 6.91. The highest BCUT2D eigenvalue weighted by Crippen LogP contribution is 2.39. The molecule has 0 bridgehead atoms. The van der Waals surface area contributed by atoms with E-state index in [1.165, 1.54) is 12.8 Å². The number of hydrogen-bond donors (Lipinski definition) is 0. The summed E-state index contributed by atoms with van der Waals surface area (Å²) in [6.45, 7) is 4.48. The molecule has 0 N–H and O–H groups in total. The SMILES string of the molecule is Cc1nnc(CN2CCC[C@@H](c3noc(C4CC4)n3)C2)o1. The fourth-order valence-corrected chi connectivity index (χ4v) is 2.91. The summed E-state index contributed by atoms with van der Waals surface area (Å²) in [7, 11) is 0. The van der Waals surface area contributed by atoms with E-state index in [0.717, 1.165) is 37.6 Å². The van der Waals surface area contributed by atoms with Crippen LogP contribution in [0.5, 0.6) is 0 Å². The molecule has 2 aromatic heterocycles. The first-order chi connectivity index (χ1) is 10.3. The second kappa shape index (κ2) is 5.22. The standard InChI is InChI=1S/C14H19N5O2/c1-9-16-17-12(20-9)8-19-6-2-3-11(7-19)13-15-14(21-18-13)10-4-5-10/h10-11H,2-8H2,1H3/t11-/m1/s1. The molecule has 1 aliphatic carbocycles. The van der Waals surface area contributed by atoms with Crippen LogP contribution < -0.4 is 0 Å². The molecule has 1 aliphatic heterocycles. The van der Waals surface area contributed by atoms with Gasteiger partial charge in [-0.05, 0) is 32.2 Å². The van der Waals surface area contributed by atoms with E-state index >= 15 is 0 Å². The molecular formula is C14H19N5O2. The average Bonchev–Trinajstić information content (AvgIpc) is 3.07. The number of rotatable bonds is 4. The lowest BCUT2D eigenvalue weighted by Crippen LogP contribution is -2.34. The predicted molar refractivity (Wildman–Crippen MR) is 72.6 cm³/mol. The van der Waals surface area contributed by atoms with Crippen molar-refractivity contribution in [3.05, 3.63) is 23.5 Å². The first-order valence-corrected chi connectivity index (χ1v) is 7.63. The maximum absolute atomic E-state index is 5.46. The zero-order valence-electron chi connectivity index (χ0n) is 12.2. The Bertz CT molecular complexity index is 618. The number of aromatic nitrogens is 4. The molecular weight excluding hydrogens is 270 g/mol. The van der Waals surface area contributed by atoms with Crippen molar-refractivity contribution in [1.82, 2.24) is 25.2 Å². The Morgan fingerprint density at radius 2 is 2.10 bits per heavy atom. The lowest BCUT2D eigenvalue weighted by Gasteiger charge is -2.29. The predicted octanol–water partition coefficient (Wildman–Crippen LogP) is 2.02. The Hall–Kier alpha value is -1.76. The molecule has 4 rings (SSSR count). The molecule has 2 fully saturated rings. The van der Waals surface area contributed by atoms with Crippen molar-refractivity contribution in [2.45, 2.75) is 51.0 Å². The van der Waals surface area contributed by atoms with E-state index in [2.05, 4.69) is 25.2 Å². The first-order valence-electron chi connectivity index (χ1n) is 7.63. The topological polar surface area (TPSA) is 81.1 Å². The Kier molecular flexibility index (Phi) is 3.21. The van der Waals surface area contributed by atoms with Crippen LogP contribution in [-0.2, 0) is 6.54 Å². The van der Waals surface area contributed by atoms with Crippen molar-refractivity contribution in [3.63, 3.8) is 0 Å². The fraction of sp³-hybridized carbons (Fsp3) is 0.714. The largest absolute Gasteiger partial charge is 0.424 e. The van der Waals surface area contributed by atoms with Crippen LogP contribution in [0.2, 0.25) is 0 Å². The second-order valence-corrected chi connectivity index (χ2v) is 6.05. The minimum atomic E-state index is 0.346. The highest BCUT2D eigenvalue weighted by Gasteiger charge is 2.32. The summed E-state index contributed by atoms with van der Waals surface area (Å²) in [5.41, 5.74) is 0. The minimum absolute atomic E-state index is 0.346. The van der Waals surface area contributed by atoms with Crippen LogP contribution in [0.3, 0.4) is 0 Å². The van der Waals surface area contributed by atoms with Crippen LogP contribution in [0.1, 0.15) is 61.0 Å². The summed E-state index contributed by atoms with van der Waals surface area (Å²) in [6, 6.07) is 0. The maximum atomic E-state index is 5.46. The van der Waals surface area contributed by atoms with Crippen LogP contribution in [0.4, 0.5) is 0 Å². The maximum Gasteiger partial charge on any atom is 0.230 e. The molecule has 2 aromatic rings. The number of likely N-dealkylation sites (tertiary alicyclic amines) is 1. The van der Waals surface area contributed by atoms with Crippen molar-refractivity contribution in [2.75, 3.05) is 13.1 Å². The van der Waals surface area contributed by atoms with E-state index in [-0.39, 0.29) is 0 Å². The Morgan fingerprint density at radius 3 is 2.86 bits per heavy atom. The second-order valence-electron chi connectivity index (χ2n) is 6.05. The normalized spacial score (nSPS) is 23.6. The Balaban J connectivity index is 1.41. The highest BCUT2D eigenvalue weighted by atomic mass is 16.5. The lowest BCUT2D eigenvalue weighted by atomic mass is 9.97. The van der Waals surface area contributed by atoms with Crippen molar-refractivity contribution < 1.29 is 8.94 Å². The van der Waals surface area contributed by atoms with Gasteiger partial charge in [0.2, 0.25) is 17.7 Å². The van der Waals surface area contributed by atoms with Gasteiger partial charge in [0, 0.05) is 25.3 Å². The van der Waals surface area contributed by atoms with Gasteiger partial charge in [-0.15, -0.1) is 10.2 Å². The summed E-state index contributed by atoms with van der Waals surface area (Å²) >= 11 is 0. The van der Waals surface area contributed by atoms with Gasteiger partial charge in [-0.3, -0.25) is 4.90 Å². The van der Waals surface area contributed by atoms with Gasteiger partial charge in [0.05, 0.1) is 6.54 Å². The molecule has 0 amide bonds. The van der Waals surface area contributed by atoms with Gasteiger partial charge in [0.1, 0.15) is 0 Å². The number of hydrogen-bond acceptors (Lipinski definition) is 7. The van der Waals surface area contributed by atoms with Gasteiger partial charge in [-0.1, -0.05) is 5.16 Å². The fourth-order valence-electron chi connectivity index (χ4n) is 2.91. The molecule has 1 saturated heterocycles. The molecule has 7 heteroatoms. The van der Waals surface area contributed by atoms with Crippen molar-refractivity contribution in [1.29, 1.82) is 0 Å². The van der Waals surface area contributed by atoms with Gasteiger partial charge in [-0.2, -0.15) is 4.98 Å². The first kappa shape index (κ1) is 12.9. The summed E-state index contributed by atoms with van der Waals surface area (Å²) in [5, 5.41) is 12.1. The van der Waals surface area contributed by atoms with Gasteiger partial charge >= 0.3 is 0 Å². The van der Waals surface area contributed by atoms with E-state index in [4.69, 9.17) is 8.94 Å². The third-order valence-electron chi connectivity index (χ3n) is 4.18. The molecule has 0 radical (unpaired) electrons. The van der Waals surface area contributed by atoms with Crippen molar-refractivity contribution >= 4 is 0 Å². The molecule has 0 spiro atoms. The average molecular weight is 289 g/mol. The van der Waals surface area contributed by atoms with E-state index in [1.807, 2.05) is 6.92 Å². The van der Waals surface area contributed by atoms with Crippen LogP contribution in [-0.4, -0.2) is 38.3 Å². The molecule has 7 nitrogen and oxygen atoms in total. The number of aryl methyl sites for hydroxylation is 1. The van der Waals surface area contributed by atoms with Crippen molar-refractivity contribution in [3.8, 4) is 0 Å². The van der Waals surface area contributed by atoms with Crippen LogP contribution in [0.15, 0.2) is 8.94 Å². The molecule has 3 heterocycles. The van der Waals surface area contributed by atoms with Crippen LogP contribution in [0.25, 0.3) is 0 Å². The third kappa shape index (κ3) is 2.83. The number of nitrogens with zero attached hydrogens (tertiary/aromatic N) is 5. The Morgan fingerprint density at radius 1 is 1.19 bits per heavy atom. The highest BCUT2D eigenvalue weighted by molar-refractivity contribution is 5.05. The minimum Gasteiger partial charge on any atom is -0.424 e. The van der Waals surface area contributed by atoms with E-state index in [9.17, 15) is 0 Å². The van der Waals surface area contributed by atoms with Crippen molar-refractivity contribution in [2.24, 2.45) is 0 Å². The molecule has 0 aromatic carbocycles. The summed E-state index contributed by atoms with van der Waals surface area (Å²) in [5.74, 6) is 3.86. The molecule has 112 valence electrons. The van der Waals surface area contributed by atoms with Crippen LogP contribution in [0, 0.1) is 6.92 Å². The smallest absolute Gasteiger partial charge is 0.230 e. The molecule has 1 saturated carbocycles. The lowest BCUT2D eigenvalue weighted by molar-refractivity contribution is 0.178. The Labute approximate surface area is 122 Å². The van der Waals surface area contributed by atoms with Gasteiger partial charge in [-0.25, -0.2) is 0 Å². The van der Waals surface area contributed by atoms with E-state index in [0.29, 0.717) is 30.2 Å². The summed E-state index contributed by atoms with van der Waals surface area (Å²) in [6.07, 6.45) is 4.62. The van der Waals surface area contributed by atoms with Gasteiger partial charge in [0.25, 0.3) is 0 Å². The zero-order chi connectivity index (χ0) is 14.2. The van der Waals surface area contributed by atoms with Gasteiger partial charge in [0.15, 0.2) is 5.82 Å². The number of piperidine rings is 1. The van der Waals surface area contributed by atoms with Crippen LogP contribution >= 0.6 is 0 Å². The van der Waals surface area contributed by atoms with E-state index in [1.54, 1.807) is 0 Å². The zero-order valence-corrected chi connectivity index (χ0v) is 12.2. The third-order valence-corrected chi connectivity index (χ3v) is 4.18. The quantitative estimate of drug-likeness (QED) is 0.851. The molecule has 21 heavy (non-hydrogen) atoms. The molecule has 0 unspecified atom stereocenters. The van der Waals surface area contributed by atoms with Gasteiger partial charge < -0.3 is 8.94 Å². The monoisotopic (exact) mass is 289 g/mol. The summed E-state index contributed by atoms with van der Waals surface area (Å²) < 4.78 is 10.8. The van der Waals surface area contributed by atoms with E-state index < -0.39 is 0 Å².